The molecule has 0 bridgehead atoms. The highest BCUT2D eigenvalue weighted by atomic mass is 16.5. The van der Waals surface area contributed by atoms with Gasteiger partial charge < -0.3 is 14.7 Å². The van der Waals surface area contributed by atoms with E-state index in [-0.39, 0.29) is 12.3 Å². The molecule has 0 atom stereocenters. The lowest BCUT2D eigenvalue weighted by atomic mass is 9.87. The highest BCUT2D eigenvalue weighted by Gasteiger charge is 2.35. The van der Waals surface area contributed by atoms with Crippen LogP contribution in [0.1, 0.15) is 24.8 Å². The number of benzene rings is 3. The third-order valence-corrected chi connectivity index (χ3v) is 6.09. The maximum Gasteiger partial charge on any atom is 0.229 e. The minimum absolute atomic E-state index is 0.0827. The Balaban J connectivity index is 1.29. The largest absolute Gasteiger partial charge is 0.457 e. The van der Waals surface area contributed by atoms with Gasteiger partial charge in [0.2, 0.25) is 5.91 Å². The summed E-state index contributed by atoms with van der Waals surface area (Å²) in [7, 11) is 1.75. The second-order valence-corrected chi connectivity index (χ2v) is 8.52. The van der Waals surface area contributed by atoms with E-state index >= 15 is 0 Å². The molecule has 3 aromatic rings. The first-order valence-electron chi connectivity index (χ1n) is 11.1. The van der Waals surface area contributed by atoms with Crippen LogP contribution in [0.25, 0.3) is 0 Å². The summed E-state index contributed by atoms with van der Waals surface area (Å²) in [6, 6.07) is 27.4. The molecule has 3 aromatic carbocycles. The normalized spacial score (nSPS) is 15.8. The second-order valence-electron chi connectivity index (χ2n) is 8.52. The summed E-state index contributed by atoms with van der Waals surface area (Å²) >= 11 is 0. The number of para-hydroxylation sites is 1. The zero-order valence-corrected chi connectivity index (χ0v) is 18.5. The average Bonchev–Trinajstić information content (AvgIpc) is 2.82. The molecule has 1 saturated heterocycles. The van der Waals surface area contributed by atoms with E-state index in [0.717, 1.165) is 31.1 Å². The fourth-order valence-electron chi connectivity index (χ4n) is 4.05. The molecule has 0 spiro atoms. The van der Waals surface area contributed by atoms with E-state index in [1.54, 1.807) is 11.9 Å². The Kier molecular flexibility index (Phi) is 6.88. The topological polar surface area (TPSA) is 53.0 Å². The van der Waals surface area contributed by atoms with Gasteiger partial charge in [-0.1, -0.05) is 48.5 Å². The number of hydrogen-bond donors (Lipinski definition) is 1. The van der Waals surface area contributed by atoms with Crippen molar-refractivity contribution in [2.24, 2.45) is 0 Å². The van der Waals surface area contributed by atoms with E-state index < -0.39 is 5.60 Å². The number of carbonyl (C=O) groups is 1. The third-order valence-electron chi connectivity index (χ3n) is 6.09. The monoisotopic (exact) mass is 430 g/mol. The van der Waals surface area contributed by atoms with Crippen LogP contribution in [0.5, 0.6) is 11.5 Å². The molecular weight excluding hydrogens is 400 g/mol. The lowest BCUT2D eigenvalue weighted by Gasteiger charge is -2.38. The van der Waals surface area contributed by atoms with E-state index in [9.17, 15) is 9.90 Å². The van der Waals surface area contributed by atoms with E-state index in [0.29, 0.717) is 18.6 Å². The van der Waals surface area contributed by atoms with Crippen molar-refractivity contribution in [1.29, 1.82) is 0 Å². The fraction of sp³-hybridized carbons (Fsp3) is 0.296. The van der Waals surface area contributed by atoms with Crippen LogP contribution in [0.3, 0.4) is 0 Å². The molecule has 5 nitrogen and oxygen atoms in total. The van der Waals surface area contributed by atoms with Crippen LogP contribution in [-0.4, -0.2) is 41.7 Å². The lowest BCUT2D eigenvalue weighted by Crippen LogP contribution is -2.47. The van der Waals surface area contributed by atoms with Crippen molar-refractivity contribution in [3.8, 4) is 11.5 Å². The van der Waals surface area contributed by atoms with Crippen molar-refractivity contribution in [3.05, 3.63) is 90.5 Å². The van der Waals surface area contributed by atoms with Gasteiger partial charge in [-0.25, -0.2) is 0 Å². The summed E-state index contributed by atoms with van der Waals surface area (Å²) in [5.74, 6) is 1.40. The molecule has 1 amide bonds. The molecule has 32 heavy (non-hydrogen) atoms. The number of ether oxygens (including phenoxy) is 1. The SMILES string of the molecule is CN(C(=O)CC1(O)CCN(Cc2ccccc2)CC1)c1ccc(Oc2ccccc2)cc1. The molecule has 1 fully saturated rings. The predicted molar refractivity (Wildman–Crippen MR) is 127 cm³/mol. The molecule has 1 heterocycles. The number of carbonyl (C=O) groups excluding carboxylic acids is 1. The Labute approximate surface area is 189 Å². The van der Waals surface area contributed by atoms with Gasteiger partial charge in [-0.2, -0.15) is 0 Å². The Bertz CT molecular complexity index is 998. The van der Waals surface area contributed by atoms with E-state index in [1.165, 1.54) is 5.56 Å². The Hall–Kier alpha value is -3.15. The summed E-state index contributed by atoms with van der Waals surface area (Å²) in [5, 5.41) is 11.0. The average molecular weight is 431 g/mol. The maximum atomic E-state index is 12.9. The number of piperidine rings is 1. The summed E-state index contributed by atoms with van der Waals surface area (Å²) in [5.41, 5.74) is 1.10. The molecule has 1 N–H and O–H groups in total. The van der Waals surface area contributed by atoms with Crippen molar-refractivity contribution < 1.29 is 14.6 Å². The van der Waals surface area contributed by atoms with Crippen LogP contribution >= 0.6 is 0 Å². The molecule has 1 aliphatic rings. The van der Waals surface area contributed by atoms with Crippen molar-refractivity contribution in [2.45, 2.75) is 31.4 Å². The zero-order chi connectivity index (χ0) is 22.4. The maximum absolute atomic E-state index is 12.9. The van der Waals surface area contributed by atoms with Gasteiger partial charge in [0.25, 0.3) is 0 Å². The van der Waals surface area contributed by atoms with Crippen LogP contribution in [0, 0.1) is 0 Å². The second kappa shape index (κ2) is 9.98. The quantitative estimate of drug-likeness (QED) is 0.582. The van der Waals surface area contributed by atoms with Gasteiger partial charge in [-0.15, -0.1) is 0 Å². The molecule has 0 aliphatic carbocycles. The number of anilines is 1. The van der Waals surface area contributed by atoms with Gasteiger partial charge in [-0.05, 0) is 54.8 Å². The van der Waals surface area contributed by atoms with Crippen molar-refractivity contribution in [3.63, 3.8) is 0 Å². The number of hydrogen-bond acceptors (Lipinski definition) is 4. The minimum Gasteiger partial charge on any atom is -0.457 e. The number of aliphatic hydroxyl groups is 1. The molecule has 1 aliphatic heterocycles. The fourth-order valence-corrected chi connectivity index (χ4v) is 4.05. The van der Waals surface area contributed by atoms with Crippen molar-refractivity contribution in [1.82, 2.24) is 4.90 Å². The van der Waals surface area contributed by atoms with Crippen LogP contribution < -0.4 is 9.64 Å². The van der Waals surface area contributed by atoms with Crippen molar-refractivity contribution in [2.75, 3.05) is 25.0 Å². The molecule has 166 valence electrons. The molecule has 0 radical (unpaired) electrons. The standard InChI is InChI=1S/C27H30N2O3/c1-28(23-12-14-25(15-13-23)32-24-10-6-3-7-11-24)26(30)20-27(31)16-18-29(19-17-27)21-22-8-4-2-5-9-22/h2-15,31H,16-21H2,1H3. The lowest BCUT2D eigenvalue weighted by molar-refractivity contribution is -0.125. The smallest absolute Gasteiger partial charge is 0.229 e. The molecule has 0 unspecified atom stereocenters. The zero-order valence-electron chi connectivity index (χ0n) is 18.5. The first-order chi connectivity index (χ1) is 15.5. The highest BCUT2D eigenvalue weighted by Crippen LogP contribution is 2.29. The summed E-state index contributed by atoms with van der Waals surface area (Å²) in [6.07, 6.45) is 1.33. The van der Waals surface area contributed by atoms with Crippen LogP contribution in [0.4, 0.5) is 5.69 Å². The van der Waals surface area contributed by atoms with Gasteiger partial charge in [0, 0.05) is 32.4 Å². The predicted octanol–water partition coefficient (Wildman–Crippen LogP) is 4.86. The number of nitrogens with zero attached hydrogens (tertiary/aromatic N) is 2. The molecule has 0 saturated carbocycles. The van der Waals surface area contributed by atoms with E-state index in [4.69, 9.17) is 4.74 Å². The van der Waals surface area contributed by atoms with Gasteiger partial charge >= 0.3 is 0 Å². The minimum atomic E-state index is -0.950. The summed E-state index contributed by atoms with van der Waals surface area (Å²) < 4.78 is 5.82. The van der Waals surface area contributed by atoms with E-state index in [1.807, 2.05) is 72.8 Å². The Morgan fingerprint density at radius 1 is 0.906 bits per heavy atom. The number of amides is 1. The summed E-state index contributed by atoms with van der Waals surface area (Å²) in [4.78, 5) is 16.8. The number of rotatable bonds is 7. The molecule has 5 heteroatoms. The first kappa shape index (κ1) is 22.1. The third kappa shape index (κ3) is 5.75. The van der Waals surface area contributed by atoms with Gasteiger partial charge in [0.1, 0.15) is 11.5 Å². The van der Waals surface area contributed by atoms with Crippen molar-refractivity contribution >= 4 is 11.6 Å². The Morgan fingerprint density at radius 3 is 2.09 bits per heavy atom. The Morgan fingerprint density at radius 2 is 1.47 bits per heavy atom. The first-order valence-corrected chi connectivity index (χ1v) is 11.1. The van der Waals surface area contributed by atoms with Crippen LogP contribution in [0.2, 0.25) is 0 Å². The molecule has 0 aromatic heterocycles. The highest BCUT2D eigenvalue weighted by molar-refractivity contribution is 5.93. The van der Waals surface area contributed by atoms with Crippen LogP contribution in [-0.2, 0) is 11.3 Å². The van der Waals surface area contributed by atoms with Gasteiger partial charge in [0.05, 0.1) is 12.0 Å². The molecular formula is C27H30N2O3. The van der Waals surface area contributed by atoms with E-state index in [2.05, 4.69) is 17.0 Å². The summed E-state index contributed by atoms with van der Waals surface area (Å²) in [6.45, 7) is 2.45. The van der Waals surface area contributed by atoms with Gasteiger partial charge in [0.15, 0.2) is 0 Å². The number of likely N-dealkylation sites (tertiary alicyclic amines) is 1. The van der Waals surface area contributed by atoms with Crippen LogP contribution in [0.15, 0.2) is 84.9 Å². The molecule has 4 rings (SSSR count). The van der Waals surface area contributed by atoms with Gasteiger partial charge in [-0.3, -0.25) is 9.69 Å².